The van der Waals surface area contributed by atoms with E-state index < -0.39 is 6.10 Å². The molecule has 5 heteroatoms. The number of amides is 2. The van der Waals surface area contributed by atoms with Crippen LogP contribution >= 0.6 is 0 Å². The third kappa shape index (κ3) is 6.63. The molecule has 0 fully saturated rings. The highest BCUT2D eigenvalue weighted by atomic mass is 16.5. The Labute approximate surface area is 174 Å². The Balaban J connectivity index is 2.00. The Hall–Kier alpha value is -2.82. The van der Waals surface area contributed by atoms with Crippen molar-refractivity contribution < 1.29 is 14.3 Å². The molecule has 2 rings (SSSR count). The maximum atomic E-state index is 12.6. The van der Waals surface area contributed by atoms with E-state index in [4.69, 9.17) is 4.74 Å². The molecule has 0 heterocycles. The van der Waals surface area contributed by atoms with Gasteiger partial charge >= 0.3 is 0 Å². The summed E-state index contributed by atoms with van der Waals surface area (Å²) in [6, 6.07) is 15.5. The molecule has 2 atom stereocenters. The summed E-state index contributed by atoms with van der Waals surface area (Å²) in [7, 11) is 3.50. The van der Waals surface area contributed by atoms with E-state index in [1.165, 1.54) is 0 Å². The summed E-state index contributed by atoms with van der Waals surface area (Å²) in [6.45, 7) is 6.04. The molecule has 2 amide bonds. The lowest BCUT2D eigenvalue weighted by molar-refractivity contribution is -0.128. The van der Waals surface area contributed by atoms with E-state index in [1.54, 1.807) is 25.9 Å². The molecule has 0 saturated carbocycles. The summed E-state index contributed by atoms with van der Waals surface area (Å²) < 4.78 is 5.98. The first-order chi connectivity index (χ1) is 13.8. The van der Waals surface area contributed by atoms with Gasteiger partial charge in [-0.3, -0.25) is 9.59 Å². The summed E-state index contributed by atoms with van der Waals surface area (Å²) in [5.41, 5.74) is 2.83. The largest absolute Gasteiger partial charge is 0.481 e. The lowest BCUT2D eigenvalue weighted by Gasteiger charge is -2.20. The molecular formula is C24H32N2O3. The third-order valence-electron chi connectivity index (χ3n) is 5.06. The van der Waals surface area contributed by atoms with Crippen LogP contribution in [-0.2, 0) is 16.0 Å². The van der Waals surface area contributed by atoms with Crippen molar-refractivity contribution in [2.75, 3.05) is 19.4 Å². The zero-order valence-corrected chi connectivity index (χ0v) is 18.1. The smallest absolute Gasteiger partial charge is 0.265 e. The highest BCUT2D eigenvalue weighted by molar-refractivity contribution is 5.94. The van der Waals surface area contributed by atoms with E-state index in [9.17, 15) is 9.59 Å². The average molecular weight is 397 g/mol. The maximum absolute atomic E-state index is 12.6. The fraction of sp³-hybridized carbons (Fsp3) is 0.417. The first-order valence-electron chi connectivity index (χ1n) is 10.2. The van der Waals surface area contributed by atoms with Gasteiger partial charge in [-0.15, -0.1) is 0 Å². The van der Waals surface area contributed by atoms with E-state index in [0.717, 1.165) is 23.3 Å². The Morgan fingerprint density at radius 1 is 1.07 bits per heavy atom. The van der Waals surface area contributed by atoms with Crippen LogP contribution in [0.3, 0.4) is 0 Å². The van der Waals surface area contributed by atoms with Crippen LogP contribution in [0.2, 0.25) is 0 Å². The molecule has 2 unspecified atom stereocenters. The van der Waals surface area contributed by atoms with Crippen LogP contribution in [0.25, 0.3) is 0 Å². The van der Waals surface area contributed by atoms with Crippen molar-refractivity contribution in [1.82, 2.24) is 4.90 Å². The highest BCUT2D eigenvalue weighted by Gasteiger charge is 2.18. The van der Waals surface area contributed by atoms with Gasteiger partial charge in [-0.1, -0.05) is 44.2 Å². The van der Waals surface area contributed by atoms with Crippen LogP contribution in [0, 0.1) is 0 Å². The van der Waals surface area contributed by atoms with Gasteiger partial charge in [-0.05, 0) is 55.0 Å². The van der Waals surface area contributed by atoms with Crippen molar-refractivity contribution in [1.29, 1.82) is 0 Å². The fourth-order valence-electron chi connectivity index (χ4n) is 2.98. The number of ether oxygens (including phenoxy) is 1. The van der Waals surface area contributed by atoms with Crippen molar-refractivity contribution in [3.63, 3.8) is 0 Å². The number of nitrogens with one attached hydrogen (secondary N) is 1. The second-order valence-corrected chi connectivity index (χ2v) is 7.58. The van der Waals surface area contributed by atoms with E-state index in [1.807, 2.05) is 48.5 Å². The number of anilines is 1. The fourth-order valence-corrected chi connectivity index (χ4v) is 2.98. The van der Waals surface area contributed by atoms with Crippen molar-refractivity contribution in [3.8, 4) is 5.75 Å². The quantitative estimate of drug-likeness (QED) is 0.672. The topological polar surface area (TPSA) is 58.6 Å². The maximum Gasteiger partial charge on any atom is 0.265 e. The Kier molecular flexibility index (Phi) is 8.25. The summed E-state index contributed by atoms with van der Waals surface area (Å²) in [5.74, 6) is 0.996. The number of rotatable bonds is 9. The van der Waals surface area contributed by atoms with E-state index in [0.29, 0.717) is 24.4 Å². The Morgan fingerprint density at radius 2 is 1.79 bits per heavy atom. The van der Waals surface area contributed by atoms with Gasteiger partial charge in [0.1, 0.15) is 5.75 Å². The molecule has 0 aromatic heterocycles. The molecule has 2 aromatic carbocycles. The molecule has 0 aliphatic rings. The molecule has 0 aliphatic carbocycles. The van der Waals surface area contributed by atoms with E-state index in [2.05, 4.69) is 19.2 Å². The first-order valence-corrected chi connectivity index (χ1v) is 10.2. The van der Waals surface area contributed by atoms with Crippen LogP contribution in [0.15, 0.2) is 48.5 Å². The van der Waals surface area contributed by atoms with Gasteiger partial charge in [0.05, 0.1) is 0 Å². The minimum Gasteiger partial charge on any atom is -0.481 e. The number of hydrogen-bond donors (Lipinski definition) is 1. The molecule has 1 N–H and O–H groups in total. The Morgan fingerprint density at radius 3 is 2.48 bits per heavy atom. The lowest BCUT2D eigenvalue weighted by atomic mass is 9.98. The van der Waals surface area contributed by atoms with Crippen molar-refractivity contribution in [2.24, 2.45) is 0 Å². The SMILES string of the molecule is CCC(C)c1ccccc1OC(C)C(=O)Nc1cccc(CCC(=O)N(C)C)c1. The number of nitrogens with zero attached hydrogens (tertiary/aromatic N) is 1. The van der Waals surface area contributed by atoms with Gasteiger partial charge in [-0.2, -0.15) is 0 Å². The zero-order valence-electron chi connectivity index (χ0n) is 18.1. The molecule has 156 valence electrons. The van der Waals surface area contributed by atoms with Crippen LogP contribution < -0.4 is 10.1 Å². The summed E-state index contributed by atoms with van der Waals surface area (Å²) in [4.78, 5) is 26.0. The third-order valence-corrected chi connectivity index (χ3v) is 5.06. The van der Waals surface area contributed by atoms with Crippen molar-refractivity contribution >= 4 is 17.5 Å². The molecule has 29 heavy (non-hydrogen) atoms. The van der Waals surface area contributed by atoms with Gasteiger partial charge in [0.2, 0.25) is 5.91 Å². The number of hydrogen-bond acceptors (Lipinski definition) is 3. The lowest BCUT2D eigenvalue weighted by Crippen LogP contribution is -2.30. The van der Waals surface area contributed by atoms with Crippen LogP contribution in [0.5, 0.6) is 5.75 Å². The predicted octanol–water partition coefficient (Wildman–Crippen LogP) is 4.63. The molecule has 0 aliphatic heterocycles. The molecule has 0 radical (unpaired) electrons. The van der Waals surface area contributed by atoms with Crippen LogP contribution in [-0.4, -0.2) is 36.9 Å². The number of carbonyl (C=O) groups is 2. The second kappa shape index (κ2) is 10.6. The van der Waals surface area contributed by atoms with Crippen molar-refractivity contribution in [3.05, 3.63) is 59.7 Å². The normalized spacial score (nSPS) is 12.7. The van der Waals surface area contributed by atoms with Crippen LogP contribution in [0.4, 0.5) is 5.69 Å². The summed E-state index contributed by atoms with van der Waals surface area (Å²) in [6.07, 6.45) is 1.45. The molecular weight excluding hydrogens is 364 g/mol. The van der Waals surface area contributed by atoms with Gasteiger partial charge < -0.3 is 15.0 Å². The van der Waals surface area contributed by atoms with Gasteiger partial charge in [0.15, 0.2) is 6.10 Å². The van der Waals surface area contributed by atoms with Crippen LogP contribution in [0.1, 0.15) is 50.7 Å². The zero-order chi connectivity index (χ0) is 21.4. The summed E-state index contributed by atoms with van der Waals surface area (Å²) in [5, 5.41) is 2.92. The Bertz CT molecular complexity index is 832. The monoisotopic (exact) mass is 396 g/mol. The molecule has 0 saturated heterocycles. The first kappa shape index (κ1) is 22.5. The number of benzene rings is 2. The second-order valence-electron chi connectivity index (χ2n) is 7.58. The van der Waals surface area contributed by atoms with Gasteiger partial charge in [-0.25, -0.2) is 0 Å². The van der Waals surface area contributed by atoms with E-state index in [-0.39, 0.29) is 11.8 Å². The number of carbonyl (C=O) groups excluding carboxylic acids is 2. The highest BCUT2D eigenvalue weighted by Crippen LogP contribution is 2.29. The number of aryl methyl sites for hydroxylation is 1. The standard InChI is InChI=1S/C24H32N2O3/c1-6-17(2)21-12-7-8-13-22(21)29-18(3)24(28)25-20-11-9-10-19(16-20)14-15-23(27)26(4)5/h7-13,16-18H,6,14-15H2,1-5H3,(H,25,28). The molecule has 2 aromatic rings. The minimum atomic E-state index is -0.626. The van der Waals surface area contributed by atoms with Crippen molar-refractivity contribution in [2.45, 2.75) is 52.1 Å². The summed E-state index contributed by atoms with van der Waals surface area (Å²) >= 11 is 0. The predicted molar refractivity (Wildman–Crippen MR) is 117 cm³/mol. The molecule has 5 nitrogen and oxygen atoms in total. The average Bonchev–Trinajstić information content (AvgIpc) is 2.71. The van der Waals surface area contributed by atoms with Gasteiger partial charge in [0.25, 0.3) is 5.91 Å². The molecule has 0 spiro atoms. The van der Waals surface area contributed by atoms with E-state index >= 15 is 0 Å². The van der Waals surface area contributed by atoms with Gasteiger partial charge in [0, 0.05) is 26.2 Å². The minimum absolute atomic E-state index is 0.0847. The number of para-hydroxylation sites is 1. The molecule has 0 bridgehead atoms.